The van der Waals surface area contributed by atoms with Crippen molar-refractivity contribution in [3.63, 3.8) is 0 Å². The first-order chi connectivity index (χ1) is 14.8. The summed E-state index contributed by atoms with van der Waals surface area (Å²) in [6.07, 6.45) is 5.30. The van der Waals surface area contributed by atoms with Crippen LogP contribution in [0.5, 0.6) is 0 Å². The minimum absolute atomic E-state index is 0.0115. The van der Waals surface area contributed by atoms with Gasteiger partial charge in [-0.2, -0.15) is 0 Å². The molecule has 0 bridgehead atoms. The molecule has 7 nitrogen and oxygen atoms in total. The highest BCUT2D eigenvalue weighted by Crippen LogP contribution is 2.37. The SMILES string of the molecule is COC(=O)C(=Cc1c(Cl)nc(C)[nH]c1=O)c1ccc(C2CCC(CC(=O)O)CC2)cc1. The van der Waals surface area contributed by atoms with Crippen LogP contribution in [0.4, 0.5) is 0 Å². The second-order valence-electron chi connectivity index (χ2n) is 7.84. The molecule has 0 atom stereocenters. The Morgan fingerprint density at radius 2 is 1.87 bits per heavy atom. The Morgan fingerprint density at radius 3 is 2.42 bits per heavy atom. The number of carboxylic acid groups (broad SMARTS) is 1. The zero-order valence-corrected chi connectivity index (χ0v) is 18.2. The maximum absolute atomic E-state index is 12.4. The predicted octanol–water partition coefficient (Wildman–Crippen LogP) is 4.19. The van der Waals surface area contributed by atoms with Crippen LogP contribution >= 0.6 is 11.6 Å². The Labute approximate surface area is 185 Å². The number of nitrogens with one attached hydrogen (secondary N) is 1. The van der Waals surface area contributed by atoms with E-state index in [1.54, 1.807) is 6.92 Å². The summed E-state index contributed by atoms with van der Waals surface area (Å²) in [5.41, 5.74) is 1.61. The Bertz CT molecular complexity index is 1050. The van der Waals surface area contributed by atoms with Gasteiger partial charge < -0.3 is 14.8 Å². The van der Waals surface area contributed by atoms with Crippen LogP contribution in [-0.4, -0.2) is 34.1 Å². The summed E-state index contributed by atoms with van der Waals surface area (Å²) in [5, 5.41) is 8.98. The number of carbonyl (C=O) groups is 2. The number of esters is 1. The summed E-state index contributed by atoms with van der Waals surface area (Å²) in [6, 6.07) is 7.58. The standard InChI is InChI=1S/C23H25ClN2O5/c1-13-25-21(24)19(22(29)26-13)12-18(23(30)31-2)17-9-7-16(8-10-17)15-5-3-14(4-6-15)11-20(27)28/h7-10,12,14-15H,3-6,11H2,1-2H3,(H,27,28)(H,25,26,29). The van der Waals surface area contributed by atoms with Crippen LogP contribution < -0.4 is 5.56 Å². The number of aromatic amines is 1. The van der Waals surface area contributed by atoms with E-state index in [0.717, 1.165) is 31.2 Å². The average Bonchev–Trinajstić information content (AvgIpc) is 2.73. The van der Waals surface area contributed by atoms with Gasteiger partial charge >= 0.3 is 11.9 Å². The Kier molecular flexibility index (Phi) is 7.28. The van der Waals surface area contributed by atoms with Gasteiger partial charge in [0.1, 0.15) is 11.0 Å². The van der Waals surface area contributed by atoms with E-state index in [0.29, 0.717) is 17.3 Å². The highest BCUT2D eigenvalue weighted by molar-refractivity contribution is 6.32. The molecule has 1 heterocycles. The lowest BCUT2D eigenvalue weighted by atomic mass is 9.77. The van der Waals surface area contributed by atoms with Gasteiger partial charge in [0.15, 0.2) is 0 Å². The number of aromatic nitrogens is 2. The molecule has 1 aromatic heterocycles. The van der Waals surface area contributed by atoms with Crippen molar-refractivity contribution in [3.8, 4) is 0 Å². The van der Waals surface area contributed by atoms with Gasteiger partial charge in [-0.3, -0.25) is 9.59 Å². The van der Waals surface area contributed by atoms with Gasteiger partial charge in [0.25, 0.3) is 5.56 Å². The number of hydrogen-bond donors (Lipinski definition) is 2. The van der Waals surface area contributed by atoms with Gasteiger partial charge in [-0.1, -0.05) is 35.9 Å². The summed E-state index contributed by atoms with van der Waals surface area (Å²) in [6.45, 7) is 1.62. The number of aryl methyl sites for hydroxylation is 1. The summed E-state index contributed by atoms with van der Waals surface area (Å²) < 4.78 is 4.90. The number of H-pyrrole nitrogens is 1. The second-order valence-corrected chi connectivity index (χ2v) is 8.20. The third kappa shape index (κ3) is 5.61. The number of halogens is 1. The molecule has 1 aliphatic rings. The van der Waals surface area contributed by atoms with E-state index in [9.17, 15) is 14.4 Å². The fourth-order valence-electron chi connectivity index (χ4n) is 4.08. The first kappa shape index (κ1) is 22.7. The van der Waals surface area contributed by atoms with Crippen molar-refractivity contribution in [3.05, 3.63) is 62.3 Å². The smallest absolute Gasteiger partial charge is 0.338 e. The zero-order chi connectivity index (χ0) is 22.5. The number of ether oxygens (including phenoxy) is 1. The lowest BCUT2D eigenvalue weighted by Crippen LogP contribution is -2.16. The van der Waals surface area contributed by atoms with E-state index >= 15 is 0 Å². The molecule has 2 aromatic rings. The quantitative estimate of drug-likeness (QED) is 0.392. The van der Waals surface area contributed by atoms with E-state index < -0.39 is 17.5 Å². The van der Waals surface area contributed by atoms with Gasteiger partial charge in [0.05, 0.1) is 18.2 Å². The minimum Gasteiger partial charge on any atom is -0.481 e. The molecule has 1 aromatic carbocycles. The number of benzene rings is 1. The molecule has 8 heteroatoms. The molecule has 1 aliphatic carbocycles. The van der Waals surface area contributed by atoms with E-state index in [1.807, 2.05) is 24.3 Å². The van der Waals surface area contributed by atoms with Crippen LogP contribution in [0.2, 0.25) is 5.15 Å². The highest BCUT2D eigenvalue weighted by atomic mass is 35.5. The summed E-state index contributed by atoms with van der Waals surface area (Å²) in [5.74, 6) is -0.333. The molecular formula is C23H25ClN2O5. The minimum atomic E-state index is -0.738. The van der Waals surface area contributed by atoms with Crippen molar-refractivity contribution >= 4 is 35.2 Å². The zero-order valence-electron chi connectivity index (χ0n) is 17.5. The topological polar surface area (TPSA) is 109 Å². The van der Waals surface area contributed by atoms with Crippen molar-refractivity contribution in [2.24, 2.45) is 5.92 Å². The predicted molar refractivity (Wildman–Crippen MR) is 118 cm³/mol. The van der Waals surface area contributed by atoms with Gasteiger partial charge in [-0.25, -0.2) is 9.78 Å². The molecule has 0 radical (unpaired) electrons. The molecule has 164 valence electrons. The van der Waals surface area contributed by atoms with E-state index in [4.69, 9.17) is 21.4 Å². The Hall–Kier alpha value is -2.93. The van der Waals surface area contributed by atoms with Crippen LogP contribution in [0.3, 0.4) is 0 Å². The number of hydrogen-bond acceptors (Lipinski definition) is 5. The maximum Gasteiger partial charge on any atom is 0.338 e. The molecular weight excluding hydrogens is 420 g/mol. The molecule has 0 unspecified atom stereocenters. The van der Waals surface area contributed by atoms with Gasteiger partial charge in [0, 0.05) is 6.42 Å². The normalized spacial score (nSPS) is 19.1. The molecule has 3 rings (SSSR count). The molecule has 0 aliphatic heterocycles. The molecule has 0 amide bonds. The number of carbonyl (C=O) groups excluding carboxylic acids is 1. The monoisotopic (exact) mass is 444 g/mol. The number of methoxy groups -OCH3 is 1. The molecule has 0 spiro atoms. The van der Waals surface area contributed by atoms with Crippen molar-refractivity contribution in [1.29, 1.82) is 0 Å². The fourth-order valence-corrected chi connectivity index (χ4v) is 4.35. The molecule has 0 saturated heterocycles. The van der Waals surface area contributed by atoms with Crippen molar-refractivity contribution < 1.29 is 19.4 Å². The largest absolute Gasteiger partial charge is 0.481 e. The van der Waals surface area contributed by atoms with Crippen LogP contribution in [0.1, 0.15) is 60.5 Å². The van der Waals surface area contributed by atoms with Crippen molar-refractivity contribution in [2.45, 2.75) is 44.9 Å². The lowest BCUT2D eigenvalue weighted by molar-refractivity contribution is -0.138. The van der Waals surface area contributed by atoms with Gasteiger partial charge in [-0.05, 0) is 61.6 Å². The number of carboxylic acids is 1. The van der Waals surface area contributed by atoms with Crippen molar-refractivity contribution in [1.82, 2.24) is 9.97 Å². The first-order valence-corrected chi connectivity index (χ1v) is 10.5. The third-order valence-corrected chi connectivity index (χ3v) is 6.01. The molecule has 2 N–H and O–H groups in total. The van der Waals surface area contributed by atoms with Crippen LogP contribution in [0, 0.1) is 12.8 Å². The van der Waals surface area contributed by atoms with Crippen LogP contribution in [-0.2, 0) is 14.3 Å². The van der Waals surface area contributed by atoms with Crippen LogP contribution in [0.15, 0.2) is 29.1 Å². The Morgan fingerprint density at radius 1 is 1.23 bits per heavy atom. The van der Waals surface area contributed by atoms with Crippen molar-refractivity contribution in [2.75, 3.05) is 7.11 Å². The second kappa shape index (κ2) is 9.92. The van der Waals surface area contributed by atoms with E-state index in [-0.39, 0.29) is 28.6 Å². The summed E-state index contributed by atoms with van der Waals surface area (Å²) in [7, 11) is 1.28. The average molecular weight is 445 g/mol. The lowest BCUT2D eigenvalue weighted by Gasteiger charge is -2.28. The molecule has 1 saturated carbocycles. The van der Waals surface area contributed by atoms with E-state index in [1.165, 1.54) is 13.2 Å². The first-order valence-electron chi connectivity index (χ1n) is 10.2. The molecule has 31 heavy (non-hydrogen) atoms. The number of rotatable bonds is 6. The van der Waals surface area contributed by atoms with Crippen LogP contribution in [0.25, 0.3) is 11.6 Å². The maximum atomic E-state index is 12.4. The summed E-state index contributed by atoms with van der Waals surface area (Å²) in [4.78, 5) is 42.2. The van der Waals surface area contributed by atoms with Gasteiger partial charge in [-0.15, -0.1) is 0 Å². The van der Waals surface area contributed by atoms with Gasteiger partial charge in [0.2, 0.25) is 0 Å². The molecule has 1 fully saturated rings. The highest BCUT2D eigenvalue weighted by Gasteiger charge is 2.24. The van der Waals surface area contributed by atoms with E-state index in [2.05, 4.69) is 9.97 Å². The fraction of sp³-hybridized carbons (Fsp3) is 0.391. The third-order valence-electron chi connectivity index (χ3n) is 5.72. The number of nitrogens with zero attached hydrogens (tertiary/aromatic N) is 1. The Balaban J connectivity index is 1.84. The number of aliphatic carboxylic acids is 1. The summed E-state index contributed by atoms with van der Waals surface area (Å²) >= 11 is 6.12.